The molecule has 0 fully saturated rings. The van der Waals surface area contributed by atoms with Gasteiger partial charge in [0, 0.05) is 26.0 Å². The topological polar surface area (TPSA) is 63.1 Å². The van der Waals surface area contributed by atoms with Crippen LogP contribution in [0.1, 0.15) is 22.5 Å². The van der Waals surface area contributed by atoms with E-state index >= 15 is 0 Å². The highest BCUT2D eigenvalue weighted by molar-refractivity contribution is 5.90. The Morgan fingerprint density at radius 1 is 1.17 bits per heavy atom. The van der Waals surface area contributed by atoms with Crippen LogP contribution in [-0.4, -0.2) is 39.4 Å². The van der Waals surface area contributed by atoms with E-state index < -0.39 is 11.7 Å². The van der Waals surface area contributed by atoms with Crippen molar-refractivity contribution >= 4 is 28.4 Å². The average molecular weight is 405 g/mol. The predicted octanol–water partition coefficient (Wildman–Crippen LogP) is 4.21. The van der Waals surface area contributed by atoms with Gasteiger partial charge in [-0.25, -0.2) is 9.97 Å². The highest BCUT2D eigenvalue weighted by Crippen LogP contribution is 2.35. The monoisotopic (exact) mass is 405 g/mol. The lowest BCUT2D eigenvalue weighted by Gasteiger charge is -2.16. The molecule has 0 aliphatic heterocycles. The van der Waals surface area contributed by atoms with Gasteiger partial charge in [0.05, 0.1) is 11.1 Å². The maximum absolute atomic E-state index is 13.0. The number of nitrogens with zero attached hydrogens (tertiary/aromatic N) is 4. The molecule has 0 aliphatic rings. The zero-order chi connectivity index (χ0) is 21.5. The van der Waals surface area contributed by atoms with E-state index in [9.17, 15) is 18.0 Å². The number of imidazole rings is 1. The molecule has 0 spiro atoms. The van der Waals surface area contributed by atoms with E-state index in [4.69, 9.17) is 0 Å². The van der Waals surface area contributed by atoms with Gasteiger partial charge in [-0.15, -0.1) is 0 Å². The standard InChI is InChI=1S/C20H22F3N5O/c1-11-8-14(20(21,22)23)9-12(2)17(11)26-19-18-15(6-7-24-19)28(13(3)25-18)10-16(29)27(4)5/h6-9H,10H2,1-5H3,(H,24,26). The molecule has 2 aromatic heterocycles. The number of benzene rings is 1. The van der Waals surface area contributed by atoms with Gasteiger partial charge in [-0.2, -0.15) is 13.2 Å². The number of anilines is 2. The highest BCUT2D eigenvalue weighted by atomic mass is 19.4. The number of rotatable bonds is 4. The van der Waals surface area contributed by atoms with Crippen LogP contribution < -0.4 is 5.32 Å². The van der Waals surface area contributed by atoms with Crippen LogP contribution in [-0.2, 0) is 17.5 Å². The summed E-state index contributed by atoms with van der Waals surface area (Å²) >= 11 is 0. The van der Waals surface area contributed by atoms with E-state index in [0.717, 1.165) is 17.6 Å². The smallest absolute Gasteiger partial charge is 0.347 e. The molecule has 0 radical (unpaired) electrons. The second kappa shape index (κ2) is 7.38. The Balaban J connectivity index is 2.03. The molecule has 3 rings (SSSR count). The Labute approximate surface area is 166 Å². The third-order valence-electron chi connectivity index (χ3n) is 4.75. The Bertz CT molecular complexity index is 1060. The lowest BCUT2D eigenvalue weighted by molar-refractivity contribution is -0.137. The predicted molar refractivity (Wildman–Crippen MR) is 105 cm³/mol. The number of aromatic nitrogens is 3. The molecule has 9 heteroatoms. The van der Waals surface area contributed by atoms with Crippen molar-refractivity contribution in [2.75, 3.05) is 19.4 Å². The molecule has 154 valence electrons. The number of alkyl halides is 3. The number of hydrogen-bond acceptors (Lipinski definition) is 4. The Morgan fingerprint density at radius 2 is 1.79 bits per heavy atom. The molecule has 0 saturated heterocycles. The molecule has 0 aliphatic carbocycles. The minimum absolute atomic E-state index is 0.0758. The summed E-state index contributed by atoms with van der Waals surface area (Å²) in [4.78, 5) is 22.5. The number of halogens is 3. The largest absolute Gasteiger partial charge is 0.416 e. The summed E-state index contributed by atoms with van der Waals surface area (Å²) in [5, 5.41) is 3.13. The van der Waals surface area contributed by atoms with Crippen molar-refractivity contribution in [1.29, 1.82) is 0 Å². The second-order valence-electron chi connectivity index (χ2n) is 7.17. The number of carbonyl (C=O) groups excluding carboxylic acids is 1. The summed E-state index contributed by atoms with van der Waals surface area (Å²) < 4.78 is 40.9. The number of likely N-dealkylation sites (N-methyl/N-ethyl adjacent to an activating group) is 1. The number of pyridine rings is 1. The van der Waals surface area contributed by atoms with Gasteiger partial charge in [0.25, 0.3) is 0 Å². The van der Waals surface area contributed by atoms with Gasteiger partial charge >= 0.3 is 6.18 Å². The van der Waals surface area contributed by atoms with Crippen molar-refractivity contribution in [3.05, 3.63) is 46.9 Å². The van der Waals surface area contributed by atoms with E-state index in [2.05, 4.69) is 15.3 Å². The fourth-order valence-corrected chi connectivity index (χ4v) is 3.18. The summed E-state index contributed by atoms with van der Waals surface area (Å²) in [6.45, 7) is 5.16. The van der Waals surface area contributed by atoms with Crippen LogP contribution in [0, 0.1) is 20.8 Å². The molecule has 1 amide bonds. The molecule has 29 heavy (non-hydrogen) atoms. The van der Waals surface area contributed by atoms with Crippen LogP contribution in [0.15, 0.2) is 24.4 Å². The lowest BCUT2D eigenvalue weighted by Crippen LogP contribution is -2.26. The highest BCUT2D eigenvalue weighted by Gasteiger charge is 2.31. The molecular formula is C20H22F3N5O. The Hall–Kier alpha value is -3.10. The molecule has 0 unspecified atom stereocenters. The van der Waals surface area contributed by atoms with Crippen LogP contribution >= 0.6 is 0 Å². The summed E-state index contributed by atoms with van der Waals surface area (Å²) in [5.74, 6) is 0.993. The molecule has 2 heterocycles. The first kappa shape index (κ1) is 20.6. The normalized spacial score (nSPS) is 11.7. The SMILES string of the molecule is Cc1cc(C(F)(F)F)cc(C)c1Nc1nccc2c1nc(C)n2CC(=O)N(C)C. The Morgan fingerprint density at radius 3 is 2.34 bits per heavy atom. The van der Waals surface area contributed by atoms with Crippen molar-refractivity contribution in [2.24, 2.45) is 0 Å². The van der Waals surface area contributed by atoms with Gasteiger partial charge in [-0.3, -0.25) is 4.79 Å². The minimum atomic E-state index is -4.40. The van der Waals surface area contributed by atoms with Crippen molar-refractivity contribution in [3.8, 4) is 0 Å². The fourth-order valence-electron chi connectivity index (χ4n) is 3.18. The van der Waals surface area contributed by atoms with Crippen LogP contribution in [0.4, 0.5) is 24.7 Å². The third kappa shape index (κ3) is 4.03. The Kier molecular flexibility index (Phi) is 5.25. The maximum Gasteiger partial charge on any atom is 0.416 e. The van der Waals surface area contributed by atoms with Gasteiger partial charge in [-0.1, -0.05) is 0 Å². The number of carbonyl (C=O) groups is 1. The van der Waals surface area contributed by atoms with Crippen molar-refractivity contribution < 1.29 is 18.0 Å². The summed E-state index contributed by atoms with van der Waals surface area (Å²) in [6.07, 6.45) is -2.82. The van der Waals surface area contributed by atoms with E-state index in [1.165, 1.54) is 4.90 Å². The molecule has 0 saturated carbocycles. The second-order valence-corrected chi connectivity index (χ2v) is 7.17. The molecule has 3 aromatic rings. The molecule has 0 bridgehead atoms. The van der Waals surface area contributed by atoms with Crippen LogP contribution in [0.3, 0.4) is 0 Å². The van der Waals surface area contributed by atoms with E-state index in [1.54, 1.807) is 51.7 Å². The molecule has 1 aromatic carbocycles. The number of nitrogens with one attached hydrogen (secondary N) is 1. The van der Waals surface area contributed by atoms with Crippen LogP contribution in [0.25, 0.3) is 11.0 Å². The molecule has 1 N–H and O–H groups in total. The third-order valence-corrected chi connectivity index (χ3v) is 4.75. The molecule has 0 atom stereocenters. The van der Waals surface area contributed by atoms with Gasteiger partial charge in [0.2, 0.25) is 5.91 Å². The van der Waals surface area contributed by atoms with E-state index in [1.807, 2.05) is 0 Å². The van der Waals surface area contributed by atoms with Crippen molar-refractivity contribution in [2.45, 2.75) is 33.5 Å². The number of hydrogen-bond donors (Lipinski definition) is 1. The fraction of sp³-hybridized carbons (Fsp3) is 0.350. The number of aryl methyl sites for hydroxylation is 3. The number of fused-ring (bicyclic) bond motifs is 1. The zero-order valence-corrected chi connectivity index (χ0v) is 16.8. The minimum Gasteiger partial charge on any atom is -0.347 e. The van der Waals surface area contributed by atoms with Gasteiger partial charge in [0.1, 0.15) is 17.9 Å². The average Bonchev–Trinajstić information content (AvgIpc) is 2.93. The maximum atomic E-state index is 13.0. The quantitative estimate of drug-likeness (QED) is 0.706. The summed E-state index contributed by atoms with van der Waals surface area (Å²) in [7, 11) is 3.36. The van der Waals surface area contributed by atoms with Crippen LogP contribution in [0.5, 0.6) is 0 Å². The first-order valence-corrected chi connectivity index (χ1v) is 8.96. The molecular weight excluding hydrogens is 383 g/mol. The van der Waals surface area contributed by atoms with Crippen molar-refractivity contribution in [1.82, 2.24) is 19.4 Å². The molecule has 6 nitrogen and oxygen atoms in total. The number of amides is 1. The summed E-state index contributed by atoms with van der Waals surface area (Å²) in [5.41, 5.74) is 2.04. The van der Waals surface area contributed by atoms with Crippen LogP contribution in [0.2, 0.25) is 0 Å². The first-order chi connectivity index (χ1) is 13.5. The van der Waals surface area contributed by atoms with E-state index in [0.29, 0.717) is 34.0 Å². The first-order valence-electron chi connectivity index (χ1n) is 8.96. The van der Waals surface area contributed by atoms with E-state index in [-0.39, 0.29) is 12.5 Å². The zero-order valence-electron chi connectivity index (χ0n) is 16.8. The summed E-state index contributed by atoms with van der Waals surface area (Å²) in [6, 6.07) is 3.97. The van der Waals surface area contributed by atoms with Gasteiger partial charge in [0.15, 0.2) is 5.82 Å². The van der Waals surface area contributed by atoms with Gasteiger partial charge < -0.3 is 14.8 Å². The lowest BCUT2D eigenvalue weighted by atomic mass is 10.0. The van der Waals surface area contributed by atoms with Crippen molar-refractivity contribution in [3.63, 3.8) is 0 Å². The van der Waals surface area contributed by atoms with Gasteiger partial charge in [-0.05, 0) is 50.1 Å².